The summed E-state index contributed by atoms with van der Waals surface area (Å²) in [7, 11) is -8.88. The van der Waals surface area contributed by atoms with Gasteiger partial charge in [0.05, 0.1) is 9.79 Å². The van der Waals surface area contributed by atoms with Crippen molar-refractivity contribution in [1.82, 2.24) is 0 Å². The Hall–Kier alpha value is -1.52. The average molecular weight is 791 g/mol. The number of rotatable bonds is 22. The van der Waals surface area contributed by atoms with Crippen molar-refractivity contribution in [2.24, 2.45) is 0 Å². The molecule has 0 unspecified atom stereocenters. The first kappa shape index (κ1) is 47.6. The molecule has 0 bridgehead atoms. The van der Waals surface area contributed by atoms with E-state index < -0.39 is 20.2 Å². The van der Waals surface area contributed by atoms with Crippen molar-refractivity contribution in [1.29, 1.82) is 0 Å². The summed E-state index contributed by atoms with van der Waals surface area (Å²) in [6, 6.07) is 18.4. The molecule has 0 atom stereocenters. The molecular formula is C44H62CaO6S2. The third-order valence-corrected chi connectivity index (χ3v) is 11.6. The maximum atomic E-state index is 11.6. The minimum Gasteiger partial charge on any atom is -0.744 e. The zero-order valence-corrected chi connectivity index (χ0v) is 36.7. The second-order valence-electron chi connectivity index (χ2n) is 14.3. The molecule has 0 N–H and O–H groups in total. The number of hydrogen-bond donors (Lipinski definition) is 0. The van der Waals surface area contributed by atoms with Crippen LogP contribution in [0, 0.1) is 0 Å². The van der Waals surface area contributed by atoms with Gasteiger partial charge in [-0.2, -0.15) is 0 Å². The summed E-state index contributed by atoms with van der Waals surface area (Å²) in [5.41, 5.74) is 4.58. The van der Waals surface area contributed by atoms with Crippen molar-refractivity contribution in [2.75, 3.05) is 0 Å². The second kappa shape index (κ2) is 24.9. The van der Waals surface area contributed by atoms with Crippen LogP contribution in [-0.4, -0.2) is 63.7 Å². The molecule has 0 heterocycles. The van der Waals surface area contributed by atoms with Gasteiger partial charge in [-0.15, -0.1) is 0 Å². The fourth-order valence-corrected chi connectivity index (χ4v) is 8.33. The molecule has 0 saturated carbocycles. The first-order valence-electron chi connectivity index (χ1n) is 19.9. The van der Waals surface area contributed by atoms with Gasteiger partial charge in [-0.1, -0.05) is 141 Å². The minimum atomic E-state index is -4.44. The summed E-state index contributed by atoms with van der Waals surface area (Å²) < 4.78 is 69.5. The number of benzene rings is 4. The van der Waals surface area contributed by atoms with E-state index >= 15 is 0 Å². The van der Waals surface area contributed by atoms with Crippen molar-refractivity contribution in [3.8, 4) is 0 Å². The third-order valence-electron chi connectivity index (χ3n) is 10.0. The summed E-state index contributed by atoms with van der Waals surface area (Å²) in [6.45, 7) is 8.76. The Morgan fingerprint density at radius 1 is 0.415 bits per heavy atom. The molecule has 0 spiro atoms. The smallest absolute Gasteiger partial charge is 0.744 e. The van der Waals surface area contributed by atoms with Gasteiger partial charge in [-0.3, -0.25) is 0 Å². The Balaban J connectivity index is 0.000000360. The predicted octanol–water partition coefficient (Wildman–Crippen LogP) is 11.6. The van der Waals surface area contributed by atoms with Gasteiger partial charge in [0.25, 0.3) is 0 Å². The average Bonchev–Trinajstić information content (AvgIpc) is 3.11. The molecular weight excluding hydrogens is 729 g/mol. The van der Waals surface area contributed by atoms with E-state index in [4.69, 9.17) is 0 Å². The summed E-state index contributed by atoms with van der Waals surface area (Å²) in [4.78, 5) is -0.197. The van der Waals surface area contributed by atoms with Crippen molar-refractivity contribution in [3.05, 3.63) is 82.9 Å². The molecule has 4 aromatic rings. The summed E-state index contributed by atoms with van der Waals surface area (Å²) >= 11 is 0. The van der Waals surface area contributed by atoms with Crippen LogP contribution in [0.4, 0.5) is 0 Å². The van der Waals surface area contributed by atoms with Crippen LogP contribution in [-0.2, 0) is 45.9 Å². The molecule has 0 saturated heterocycles. The van der Waals surface area contributed by atoms with Crippen LogP contribution in [0.1, 0.15) is 153 Å². The first-order valence-corrected chi connectivity index (χ1v) is 22.8. The molecule has 53 heavy (non-hydrogen) atoms. The predicted molar refractivity (Wildman–Crippen MR) is 221 cm³/mol. The van der Waals surface area contributed by atoms with Gasteiger partial charge >= 0.3 is 37.7 Å². The molecule has 4 rings (SSSR count). The molecule has 288 valence electrons. The van der Waals surface area contributed by atoms with E-state index in [1.54, 1.807) is 24.3 Å². The molecule has 0 fully saturated rings. The Morgan fingerprint density at radius 3 is 1.00 bits per heavy atom. The topological polar surface area (TPSA) is 114 Å². The molecule has 4 aromatic carbocycles. The van der Waals surface area contributed by atoms with Crippen LogP contribution in [0.25, 0.3) is 21.5 Å². The molecule has 0 radical (unpaired) electrons. The maximum Gasteiger partial charge on any atom is 2.00 e. The Bertz CT molecular complexity index is 1770. The molecule has 0 aliphatic carbocycles. The largest absolute Gasteiger partial charge is 2.00 e. The molecule has 0 amide bonds. The maximum absolute atomic E-state index is 11.6. The van der Waals surface area contributed by atoms with Crippen LogP contribution in [0.5, 0.6) is 0 Å². The summed E-state index contributed by atoms with van der Waals surface area (Å²) in [5.74, 6) is 0. The number of fused-ring (bicyclic) bond motifs is 2. The number of aryl methyl sites for hydroxylation is 4. The van der Waals surface area contributed by atoms with Gasteiger partial charge in [0, 0.05) is 0 Å². The van der Waals surface area contributed by atoms with Gasteiger partial charge in [-0.05, 0) is 119 Å². The van der Waals surface area contributed by atoms with E-state index in [0.717, 1.165) is 96.9 Å². The molecule has 0 aromatic heterocycles. The van der Waals surface area contributed by atoms with E-state index in [-0.39, 0.29) is 47.5 Å². The van der Waals surface area contributed by atoms with Crippen LogP contribution in [0.15, 0.2) is 70.5 Å². The van der Waals surface area contributed by atoms with Crippen molar-refractivity contribution < 1.29 is 25.9 Å². The van der Waals surface area contributed by atoms with Gasteiger partial charge in [0.15, 0.2) is 0 Å². The first-order chi connectivity index (χ1) is 24.9. The minimum absolute atomic E-state index is 0. The molecule has 9 heteroatoms. The fourth-order valence-electron chi connectivity index (χ4n) is 7.21. The molecule has 6 nitrogen and oxygen atoms in total. The SMILES string of the molecule is CCCCCCc1cccc2cc(S(=O)(=O)[O-])cc(CCCCCC)c12.CCCCCCc1cccc2cc(S(=O)(=O)[O-])cc(CCCCCC)c12.[Ca+2]. The standard InChI is InChI=1S/2C22H32O3S.Ca/c2*1-3-5-7-9-12-18-14-11-15-20-17-21(26(23,24)25)16-19(22(18)20)13-10-8-6-4-2;/h2*11,14-17H,3-10,12-13H2,1-2H3,(H,23,24,25);/q;;+2/p-2. The zero-order chi connectivity index (χ0) is 38.0. The van der Waals surface area contributed by atoms with Gasteiger partial charge in [0.1, 0.15) is 20.2 Å². The monoisotopic (exact) mass is 790 g/mol. The van der Waals surface area contributed by atoms with E-state index in [1.807, 2.05) is 24.3 Å². The van der Waals surface area contributed by atoms with Gasteiger partial charge in [-0.25, -0.2) is 16.8 Å². The normalized spacial score (nSPS) is 11.7. The Labute approximate surface area is 351 Å². The van der Waals surface area contributed by atoms with Crippen LogP contribution in [0.2, 0.25) is 0 Å². The number of hydrogen-bond acceptors (Lipinski definition) is 6. The van der Waals surface area contributed by atoms with E-state index in [9.17, 15) is 25.9 Å². The zero-order valence-electron chi connectivity index (χ0n) is 32.9. The van der Waals surface area contributed by atoms with E-state index in [0.29, 0.717) is 0 Å². The van der Waals surface area contributed by atoms with Crippen molar-refractivity contribution in [3.63, 3.8) is 0 Å². The van der Waals surface area contributed by atoms with Crippen LogP contribution >= 0.6 is 0 Å². The fraction of sp³-hybridized carbons (Fsp3) is 0.545. The van der Waals surface area contributed by atoms with Crippen LogP contribution in [0.3, 0.4) is 0 Å². The second-order valence-corrected chi connectivity index (χ2v) is 17.1. The van der Waals surface area contributed by atoms with Crippen molar-refractivity contribution >= 4 is 79.5 Å². The molecule has 0 aliphatic heterocycles. The van der Waals surface area contributed by atoms with Crippen molar-refractivity contribution in [2.45, 2.75) is 166 Å². The quantitative estimate of drug-likeness (QED) is 0.0445. The Kier molecular flexibility index (Phi) is 22.4. The van der Waals surface area contributed by atoms with E-state index in [1.165, 1.54) is 75.3 Å². The summed E-state index contributed by atoms with van der Waals surface area (Å²) in [5, 5.41) is 4.07. The Morgan fingerprint density at radius 2 is 0.717 bits per heavy atom. The van der Waals surface area contributed by atoms with Gasteiger partial charge < -0.3 is 9.11 Å². The summed E-state index contributed by atoms with van der Waals surface area (Å²) in [6.07, 6.45) is 22.3. The van der Waals surface area contributed by atoms with Crippen LogP contribution < -0.4 is 0 Å². The number of unbranched alkanes of at least 4 members (excludes halogenated alkanes) is 12. The van der Waals surface area contributed by atoms with E-state index in [2.05, 4.69) is 39.8 Å². The van der Waals surface area contributed by atoms with Gasteiger partial charge in [0.2, 0.25) is 0 Å². The third kappa shape index (κ3) is 15.9. The molecule has 0 aliphatic rings.